The molecule has 0 saturated heterocycles. The molecule has 3 rings (SSSR count). The van der Waals surface area contributed by atoms with Gasteiger partial charge in [-0.25, -0.2) is 0 Å². The summed E-state index contributed by atoms with van der Waals surface area (Å²) in [6.07, 6.45) is 0.559. The fourth-order valence-corrected chi connectivity index (χ4v) is 3.42. The summed E-state index contributed by atoms with van der Waals surface area (Å²) in [5.41, 5.74) is 2.13. The Morgan fingerprint density at radius 2 is 2.00 bits per heavy atom. The molecule has 1 aliphatic heterocycles. The third-order valence-corrected chi connectivity index (χ3v) is 4.64. The molecule has 1 atom stereocenters. The Bertz CT molecular complexity index is 742. The number of para-hydroxylation sites is 1. The summed E-state index contributed by atoms with van der Waals surface area (Å²) in [4.78, 5) is 14.8. The highest BCUT2D eigenvalue weighted by Gasteiger charge is 2.19. The minimum absolute atomic E-state index is 0.136. The second-order valence-corrected chi connectivity index (χ2v) is 7.62. The maximum absolute atomic E-state index is 12.3. The zero-order valence-corrected chi connectivity index (χ0v) is 16.5. The Kier molecular flexibility index (Phi) is 6.50. The molecule has 0 radical (unpaired) electrons. The van der Waals surface area contributed by atoms with Gasteiger partial charge in [0.1, 0.15) is 5.75 Å². The van der Waals surface area contributed by atoms with Gasteiger partial charge in [-0.15, -0.1) is 0 Å². The van der Waals surface area contributed by atoms with E-state index in [1.165, 1.54) is 5.69 Å². The van der Waals surface area contributed by atoms with E-state index in [0.29, 0.717) is 18.2 Å². The number of aromatic nitrogens is 2. The van der Waals surface area contributed by atoms with Crippen molar-refractivity contribution in [2.45, 2.75) is 52.9 Å². The fourth-order valence-electron chi connectivity index (χ4n) is 3.42. The highest BCUT2D eigenvalue weighted by molar-refractivity contribution is 5.80. The van der Waals surface area contributed by atoms with Crippen molar-refractivity contribution < 1.29 is 9.53 Å². The van der Waals surface area contributed by atoms with Crippen LogP contribution in [-0.2, 0) is 24.4 Å². The molecule has 1 amide bonds. The molecule has 1 N–H and O–H groups in total. The van der Waals surface area contributed by atoms with E-state index in [2.05, 4.69) is 39.9 Å². The van der Waals surface area contributed by atoms with Crippen molar-refractivity contribution in [1.82, 2.24) is 20.0 Å². The first-order valence-corrected chi connectivity index (χ1v) is 9.78. The summed E-state index contributed by atoms with van der Waals surface area (Å²) in [7, 11) is 0. The van der Waals surface area contributed by atoms with E-state index < -0.39 is 6.10 Å². The number of nitrogens with zero attached hydrogens (tertiary/aromatic N) is 3. The maximum Gasteiger partial charge on any atom is 0.261 e. The number of carbonyl (C=O) groups excluding carboxylic acids is 1. The van der Waals surface area contributed by atoms with Crippen molar-refractivity contribution in [2.75, 3.05) is 13.1 Å². The van der Waals surface area contributed by atoms with Gasteiger partial charge < -0.3 is 10.1 Å². The fraction of sp³-hybridized carbons (Fsp3) is 0.524. The van der Waals surface area contributed by atoms with Gasteiger partial charge in [-0.2, -0.15) is 5.10 Å². The molecule has 1 aliphatic rings. The first kappa shape index (κ1) is 19.4. The minimum atomic E-state index is -0.547. The molecule has 1 unspecified atom stereocenters. The van der Waals surface area contributed by atoms with Crippen molar-refractivity contribution in [3.63, 3.8) is 0 Å². The van der Waals surface area contributed by atoms with Crippen LogP contribution in [0.25, 0.3) is 0 Å². The first-order valence-electron chi connectivity index (χ1n) is 9.78. The molecular weight excluding hydrogens is 340 g/mol. The number of aryl methyl sites for hydroxylation is 1. The van der Waals surface area contributed by atoms with Crippen LogP contribution in [0.5, 0.6) is 5.75 Å². The third-order valence-electron chi connectivity index (χ3n) is 4.64. The number of carbonyl (C=O) groups is 1. The molecule has 27 heavy (non-hydrogen) atoms. The summed E-state index contributed by atoms with van der Waals surface area (Å²) in [5.74, 6) is 1.21. The summed E-state index contributed by atoms with van der Waals surface area (Å²) in [5, 5.41) is 7.61. The van der Waals surface area contributed by atoms with E-state index in [9.17, 15) is 4.79 Å². The van der Waals surface area contributed by atoms with Gasteiger partial charge in [-0.05, 0) is 37.5 Å². The van der Waals surface area contributed by atoms with Gasteiger partial charge in [0.15, 0.2) is 6.10 Å². The van der Waals surface area contributed by atoms with Crippen LogP contribution in [0, 0.1) is 5.92 Å². The van der Waals surface area contributed by atoms with Gasteiger partial charge in [0.25, 0.3) is 5.91 Å². The van der Waals surface area contributed by atoms with Crippen LogP contribution in [-0.4, -0.2) is 39.8 Å². The summed E-state index contributed by atoms with van der Waals surface area (Å²) >= 11 is 0. The highest BCUT2D eigenvalue weighted by atomic mass is 16.5. The predicted molar refractivity (Wildman–Crippen MR) is 105 cm³/mol. The molecule has 2 heterocycles. The van der Waals surface area contributed by atoms with Crippen LogP contribution in [0.1, 0.15) is 38.6 Å². The molecule has 0 fully saturated rings. The number of ether oxygens (including phenoxy) is 1. The molecule has 0 spiro atoms. The lowest BCUT2D eigenvalue weighted by molar-refractivity contribution is -0.127. The van der Waals surface area contributed by atoms with E-state index in [0.717, 1.165) is 38.3 Å². The Morgan fingerprint density at radius 3 is 2.74 bits per heavy atom. The molecule has 146 valence electrons. The average Bonchev–Trinajstić information content (AvgIpc) is 2.92. The Labute approximate surface area is 161 Å². The number of nitrogens with one attached hydrogen (secondary N) is 1. The normalized spacial score (nSPS) is 15.9. The largest absolute Gasteiger partial charge is 0.481 e. The second kappa shape index (κ2) is 9.04. The van der Waals surface area contributed by atoms with E-state index in [1.54, 1.807) is 6.92 Å². The maximum atomic E-state index is 12.3. The van der Waals surface area contributed by atoms with Crippen LogP contribution in [0.3, 0.4) is 0 Å². The lowest BCUT2D eigenvalue weighted by Crippen LogP contribution is -2.36. The lowest BCUT2D eigenvalue weighted by Gasteiger charge is -2.21. The van der Waals surface area contributed by atoms with Gasteiger partial charge in [-0.3, -0.25) is 14.4 Å². The summed E-state index contributed by atoms with van der Waals surface area (Å²) in [6.45, 7) is 10.8. The summed E-state index contributed by atoms with van der Waals surface area (Å²) in [6, 6.07) is 11.5. The molecule has 6 nitrogen and oxygen atoms in total. The third kappa shape index (κ3) is 5.57. The molecular formula is C21H30N4O2. The molecule has 0 bridgehead atoms. The molecule has 1 aromatic heterocycles. The van der Waals surface area contributed by atoms with Gasteiger partial charge in [0.2, 0.25) is 0 Å². The van der Waals surface area contributed by atoms with Crippen molar-refractivity contribution in [1.29, 1.82) is 0 Å². The predicted octanol–water partition coefficient (Wildman–Crippen LogP) is 2.83. The van der Waals surface area contributed by atoms with E-state index in [-0.39, 0.29) is 5.91 Å². The Balaban J connectivity index is 1.53. The number of rotatable bonds is 7. The molecule has 6 heteroatoms. The first-order chi connectivity index (χ1) is 13.0. The SMILES string of the molecule is CC(C)CN1CCCn2nc(CNC(=O)C(C)Oc3ccccc3)cc2C1. The van der Waals surface area contributed by atoms with Crippen molar-refractivity contribution in [2.24, 2.45) is 5.92 Å². The van der Waals surface area contributed by atoms with Gasteiger partial charge in [0.05, 0.1) is 17.9 Å². The van der Waals surface area contributed by atoms with Gasteiger partial charge in [0, 0.05) is 26.2 Å². The number of benzene rings is 1. The van der Waals surface area contributed by atoms with Crippen LogP contribution < -0.4 is 10.1 Å². The van der Waals surface area contributed by atoms with Crippen LogP contribution >= 0.6 is 0 Å². The smallest absolute Gasteiger partial charge is 0.261 e. The number of fused-ring (bicyclic) bond motifs is 1. The zero-order chi connectivity index (χ0) is 19.2. The van der Waals surface area contributed by atoms with E-state index in [4.69, 9.17) is 4.74 Å². The molecule has 2 aromatic rings. The molecule has 1 aromatic carbocycles. The quantitative estimate of drug-likeness (QED) is 0.814. The lowest BCUT2D eigenvalue weighted by atomic mass is 10.2. The molecule has 0 aliphatic carbocycles. The van der Waals surface area contributed by atoms with Gasteiger partial charge >= 0.3 is 0 Å². The summed E-state index contributed by atoms with van der Waals surface area (Å²) < 4.78 is 7.76. The van der Waals surface area contributed by atoms with Crippen LogP contribution in [0.4, 0.5) is 0 Å². The van der Waals surface area contributed by atoms with E-state index in [1.807, 2.05) is 30.3 Å². The van der Waals surface area contributed by atoms with Crippen LogP contribution in [0.15, 0.2) is 36.4 Å². The Hall–Kier alpha value is -2.34. The topological polar surface area (TPSA) is 59.4 Å². The average molecular weight is 370 g/mol. The Morgan fingerprint density at radius 1 is 1.22 bits per heavy atom. The monoisotopic (exact) mass is 370 g/mol. The highest BCUT2D eigenvalue weighted by Crippen LogP contribution is 2.15. The van der Waals surface area contributed by atoms with Crippen molar-refractivity contribution in [3.05, 3.63) is 47.8 Å². The number of amides is 1. The second-order valence-electron chi connectivity index (χ2n) is 7.62. The zero-order valence-electron chi connectivity index (χ0n) is 16.5. The van der Waals surface area contributed by atoms with Crippen LogP contribution in [0.2, 0.25) is 0 Å². The molecule has 0 saturated carbocycles. The van der Waals surface area contributed by atoms with Gasteiger partial charge in [-0.1, -0.05) is 32.0 Å². The number of hydrogen-bond donors (Lipinski definition) is 1. The minimum Gasteiger partial charge on any atom is -0.481 e. The van der Waals surface area contributed by atoms with Crippen molar-refractivity contribution in [3.8, 4) is 5.75 Å². The standard InChI is InChI=1S/C21H30N4O2/c1-16(2)14-24-10-7-11-25-19(15-24)12-18(23-25)13-22-21(26)17(3)27-20-8-5-4-6-9-20/h4-6,8-9,12,16-17H,7,10-11,13-15H2,1-3H3,(H,22,26). The number of hydrogen-bond acceptors (Lipinski definition) is 4. The van der Waals surface area contributed by atoms with E-state index >= 15 is 0 Å². The van der Waals surface area contributed by atoms with Crippen molar-refractivity contribution >= 4 is 5.91 Å².